The summed E-state index contributed by atoms with van der Waals surface area (Å²) in [7, 11) is 0.820. The number of hydrogen-bond donors (Lipinski definition) is 1. The van der Waals surface area contributed by atoms with Gasteiger partial charge in [0.05, 0.1) is 12.7 Å². The molecule has 5 heteroatoms. The van der Waals surface area contributed by atoms with Crippen LogP contribution in [0.4, 0.5) is 0 Å². The van der Waals surface area contributed by atoms with E-state index in [9.17, 15) is 9.32 Å². The zero-order chi connectivity index (χ0) is 12.8. The molecule has 18 heavy (non-hydrogen) atoms. The molecule has 3 rings (SSSR count). The highest BCUT2D eigenvalue weighted by atomic mass is 32.2. The van der Waals surface area contributed by atoms with Crippen LogP contribution in [0.3, 0.4) is 0 Å². The second-order valence-electron chi connectivity index (χ2n) is 5.18. The van der Waals surface area contributed by atoms with Crippen LogP contribution in [0.1, 0.15) is 31.2 Å². The smallest absolute Gasteiger partial charge is 0.212 e. The number of aliphatic hydroxyl groups is 1. The molecule has 4 nitrogen and oxygen atoms in total. The van der Waals surface area contributed by atoms with E-state index in [1.54, 1.807) is 19.4 Å². The van der Waals surface area contributed by atoms with Crippen molar-refractivity contribution in [2.45, 2.75) is 41.8 Å². The molecule has 2 bridgehead atoms. The van der Waals surface area contributed by atoms with Crippen LogP contribution in [0, 0.1) is 0 Å². The highest BCUT2D eigenvalue weighted by Gasteiger charge is 2.48. The predicted molar refractivity (Wildman–Crippen MR) is 68.9 cm³/mol. The van der Waals surface area contributed by atoms with Gasteiger partial charge in [0.25, 0.3) is 0 Å². The van der Waals surface area contributed by atoms with Crippen LogP contribution < -0.4 is 4.74 Å². The van der Waals surface area contributed by atoms with Gasteiger partial charge in [0.2, 0.25) is 5.88 Å². The van der Waals surface area contributed by atoms with E-state index in [1.807, 2.05) is 6.07 Å². The minimum Gasteiger partial charge on any atom is -0.481 e. The first-order chi connectivity index (χ1) is 8.62. The van der Waals surface area contributed by atoms with Crippen molar-refractivity contribution >= 4 is 10.8 Å². The fraction of sp³-hybridized carbons (Fsp3) is 0.615. The van der Waals surface area contributed by atoms with E-state index in [0.29, 0.717) is 18.7 Å². The molecule has 2 unspecified atom stereocenters. The molecule has 1 aromatic heterocycles. The Morgan fingerprint density at radius 2 is 2.06 bits per heavy atom. The van der Waals surface area contributed by atoms with E-state index in [2.05, 4.69) is 4.98 Å². The maximum atomic E-state index is 12.0. The molecule has 0 spiro atoms. The molecule has 2 atom stereocenters. The highest BCUT2D eigenvalue weighted by molar-refractivity contribution is 7.86. The number of ether oxygens (including phenoxy) is 1. The van der Waals surface area contributed by atoms with E-state index in [4.69, 9.17) is 4.74 Å². The van der Waals surface area contributed by atoms with Gasteiger partial charge in [0.1, 0.15) is 0 Å². The average Bonchev–Trinajstić information content (AvgIpc) is 2.63. The first kappa shape index (κ1) is 12.1. The molecule has 0 radical (unpaired) electrons. The van der Waals surface area contributed by atoms with Crippen LogP contribution in [0.15, 0.2) is 18.3 Å². The van der Waals surface area contributed by atoms with Crippen LogP contribution in [-0.2, 0) is 16.4 Å². The molecule has 2 fully saturated rings. The summed E-state index contributed by atoms with van der Waals surface area (Å²) in [5.74, 6) is 0.546. The second kappa shape index (κ2) is 4.31. The molecule has 0 aliphatic carbocycles. The summed E-state index contributed by atoms with van der Waals surface area (Å²) in [6.07, 6.45) is 4.80. The number of hydrogen-bond acceptors (Lipinski definition) is 4. The summed E-state index contributed by atoms with van der Waals surface area (Å²) in [5, 5.41) is 11.1. The second-order valence-corrected chi connectivity index (χ2v) is 7.17. The fourth-order valence-corrected chi connectivity index (χ4v) is 5.25. The lowest BCUT2D eigenvalue weighted by Crippen LogP contribution is -2.40. The maximum absolute atomic E-state index is 12.0. The molecule has 0 amide bonds. The lowest BCUT2D eigenvalue weighted by atomic mass is 9.87. The van der Waals surface area contributed by atoms with Crippen molar-refractivity contribution in [1.82, 2.24) is 4.98 Å². The van der Waals surface area contributed by atoms with E-state index in [1.165, 1.54) is 0 Å². The Kier molecular flexibility index (Phi) is 2.90. The molecule has 3 heterocycles. The predicted octanol–water partition coefficient (Wildman–Crippen LogP) is 1.35. The van der Waals surface area contributed by atoms with Gasteiger partial charge in [-0.2, -0.15) is 0 Å². The first-order valence-electron chi connectivity index (χ1n) is 6.25. The average molecular weight is 267 g/mol. The minimum atomic E-state index is -0.862. The van der Waals surface area contributed by atoms with Crippen LogP contribution in [-0.4, -0.2) is 31.9 Å². The lowest BCUT2D eigenvalue weighted by molar-refractivity contribution is 0.0181. The lowest BCUT2D eigenvalue weighted by Gasteiger charge is -2.36. The van der Waals surface area contributed by atoms with Crippen LogP contribution in [0.25, 0.3) is 0 Å². The van der Waals surface area contributed by atoms with Gasteiger partial charge in [0.15, 0.2) is 0 Å². The third-order valence-corrected chi connectivity index (χ3v) is 6.20. The van der Waals surface area contributed by atoms with E-state index < -0.39 is 16.4 Å². The Bertz CT molecular complexity index is 458. The summed E-state index contributed by atoms with van der Waals surface area (Å²) < 4.78 is 17.0. The molecule has 2 aliphatic heterocycles. The van der Waals surface area contributed by atoms with Gasteiger partial charge in [-0.3, -0.25) is 4.21 Å². The maximum Gasteiger partial charge on any atom is 0.212 e. The quantitative estimate of drug-likeness (QED) is 0.878. The van der Waals surface area contributed by atoms with E-state index in [0.717, 1.165) is 18.4 Å². The zero-order valence-corrected chi connectivity index (χ0v) is 11.2. The SMILES string of the molecule is COc1ccc(C2(O)CC3CCC(C2)S3=O)cn1. The Morgan fingerprint density at radius 3 is 2.56 bits per heavy atom. The van der Waals surface area contributed by atoms with Crippen molar-refractivity contribution in [2.24, 2.45) is 0 Å². The van der Waals surface area contributed by atoms with Crippen molar-refractivity contribution in [1.29, 1.82) is 0 Å². The van der Waals surface area contributed by atoms with Crippen LogP contribution >= 0.6 is 0 Å². The van der Waals surface area contributed by atoms with Crippen LogP contribution in [0.5, 0.6) is 5.88 Å². The van der Waals surface area contributed by atoms with Crippen molar-refractivity contribution in [3.8, 4) is 5.88 Å². The molecular weight excluding hydrogens is 250 g/mol. The third-order valence-electron chi connectivity index (χ3n) is 4.08. The van der Waals surface area contributed by atoms with E-state index >= 15 is 0 Å². The minimum absolute atomic E-state index is 0.149. The van der Waals surface area contributed by atoms with Crippen molar-refractivity contribution < 1.29 is 14.1 Å². The number of rotatable bonds is 2. The molecule has 2 aliphatic rings. The number of aromatic nitrogens is 1. The standard InChI is InChI=1S/C13H17NO3S/c1-17-12-5-2-9(8-14-12)13(15)6-10-3-4-11(7-13)18(10)16/h2,5,8,10-11,15H,3-4,6-7H2,1H3. The number of pyridine rings is 1. The fourth-order valence-electron chi connectivity index (χ4n) is 3.09. The van der Waals surface area contributed by atoms with Crippen LogP contribution in [0.2, 0.25) is 0 Å². The molecule has 98 valence electrons. The molecule has 0 saturated carbocycles. The van der Waals surface area contributed by atoms with Gasteiger partial charge in [-0.1, -0.05) is 0 Å². The van der Waals surface area contributed by atoms with Gasteiger partial charge < -0.3 is 9.84 Å². The normalized spacial score (nSPS) is 38.7. The Balaban J connectivity index is 1.88. The Hall–Kier alpha value is -0.940. The third kappa shape index (κ3) is 1.86. The molecule has 2 saturated heterocycles. The Morgan fingerprint density at radius 1 is 1.39 bits per heavy atom. The topological polar surface area (TPSA) is 59.4 Å². The Labute approximate surface area is 109 Å². The summed E-state index contributed by atoms with van der Waals surface area (Å²) in [6.45, 7) is 0. The summed E-state index contributed by atoms with van der Waals surface area (Å²) in [5.41, 5.74) is -0.0455. The monoisotopic (exact) mass is 267 g/mol. The molecule has 1 N–H and O–H groups in total. The number of fused-ring (bicyclic) bond motifs is 2. The highest BCUT2D eigenvalue weighted by Crippen LogP contribution is 2.45. The first-order valence-corrected chi connectivity index (χ1v) is 7.52. The van der Waals surface area contributed by atoms with E-state index in [-0.39, 0.29) is 10.5 Å². The summed E-state index contributed by atoms with van der Waals surface area (Å²) in [4.78, 5) is 4.15. The van der Waals surface area contributed by atoms with Gasteiger partial charge in [0, 0.05) is 39.1 Å². The van der Waals surface area contributed by atoms with Gasteiger partial charge in [-0.15, -0.1) is 0 Å². The van der Waals surface area contributed by atoms with Gasteiger partial charge in [-0.05, 0) is 31.7 Å². The molecular formula is C13H17NO3S. The van der Waals surface area contributed by atoms with Crippen molar-refractivity contribution in [3.63, 3.8) is 0 Å². The molecule has 1 aromatic rings. The summed E-state index contributed by atoms with van der Waals surface area (Å²) in [6, 6.07) is 3.63. The van der Waals surface area contributed by atoms with Gasteiger partial charge in [-0.25, -0.2) is 4.98 Å². The van der Waals surface area contributed by atoms with Gasteiger partial charge >= 0.3 is 0 Å². The molecule has 0 aromatic carbocycles. The zero-order valence-electron chi connectivity index (χ0n) is 10.3. The number of nitrogens with zero attached hydrogens (tertiary/aromatic N) is 1. The number of methoxy groups -OCH3 is 1. The summed E-state index contributed by atoms with van der Waals surface area (Å²) >= 11 is 0. The largest absolute Gasteiger partial charge is 0.481 e. The van der Waals surface area contributed by atoms with Crippen molar-refractivity contribution in [3.05, 3.63) is 23.9 Å². The van der Waals surface area contributed by atoms with Crippen molar-refractivity contribution in [2.75, 3.05) is 7.11 Å².